The lowest BCUT2D eigenvalue weighted by molar-refractivity contribution is -0.132. The molecule has 1 fully saturated rings. The predicted molar refractivity (Wildman–Crippen MR) is 102 cm³/mol. The van der Waals surface area contributed by atoms with E-state index in [2.05, 4.69) is 6.58 Å². The number of carbonyl (C=O) groups is 2. The molecule has 0 unspecified atom stereocenters. The standard InChI is InChI=1S/C21H19ClN2O2/c1-14-17-5-2-3-6-18(17)21(26)24(14)13-20(25)23-12-4-7-19(23)15-8-10-16(22)11-9-15/h2-3,5-6,8-11,19H,1,4,7,12-13H2/t19-/m0/s1. The highest BCUT2D eigenvalue weighted by atomic mass is 35.5. The van der Waals surface area contributed by atoms with Gasteiger partial charge in [-0.3, -0.25) is 14.5 Å². The molecule has 0 radical (unpaired) electrons. The molecular formula is C21H19ClN2O2. The lowest BCUT2D eigenvalue weighted by atomic mass is 10.0. The van der Waals surface area contributed by atoms with Gasteiger partial charge in [-0.2, -0.15) is 0 Å². The molecule has 2 aromatic rings. The van der Waals surface area contributed by atoms with Crippen LogP contribution >= 0.6 is 11.6 Å². The van der Waals surface area contributed by atoms with Crippen molar-refractivity contribution in [2.45, 2.75) is 18.9 Å². The maximum absolute atomic E-state index is 13.0. The van der Waals surface area contributed by atoms with Gasteiger partial charge < -0.3 is 4.90 Å². The van der Waals surface area contributed by atoms with Crippen molar-refractivity contribution in [2.24, 2.45) is 0 Å². The van der Waals surface area contributed by atoms with Gasteiger partial charge in [0.2, 0.25) is 5.91 Å². The summed E-state index contributed by atoms with van der Waals surface area (Å²) in [4.78, 5) is 28.9. The van der Waals surface area contributed by atoms with E-state index in [1.54, 1.807) is 6.07 Å². The molecule has 5 heteroatoms. The van der Waals surface area contributed by atoms with Crippen molar-refractivity contribution in [3.05, 3.63) is 76.8 Å². The maximum Gasteiger partial charge on any atom is 0.259 e. The molecule has 0 aromatic heterocycles. The number of amides is 2. The van der Waals surface area contributed by atoms with Crippen LogP contribution < -0.4 is 0 Å². The molecule has 0 saturated carbocycles. The van der Waals surface area contributed by atoms with Gasteiger partial charge in [-0.05, 0) is 36.6 Å². The molecule has 0 aliphatic carbocycles. The number of benzene rings is 2. The van der Waals surface area contributed by atoms with E-state index < -0.39 is 0 Å². The first kappa shape index (κ1) is 16.9. The molecule has 0 bridgehead atoms. The molecule has 2 amide bonds. The van der Waals surface area contributed by atoms with E-state index in [1.165, 1.54) is 4.90 Å². The molecule has 4 rings (SSSR count). The van der Waals surface area contributed by atoms with Gasteiger partial charge in [0.05, 0.1) is 6.04 Å². The van der Waals surface area contributed by atoms with Gasteiger partial charge >= 0.3 is 0 Å². The van der Waals surface area contributed by atoms with Gasteiger partial charge in [0.25, 0.3) is 5.91 Å². The Morgan fingerprint density at radius 1 is 1.12 bits per heavy atom. The predicted octanol–water partition coefficient (Wildman–Crippen LogP) is 4.13. The summed E-state index contributed by atoms with van der Waals surface area (Å²) >= 11 is 5.97. The van der Waals surface area contributed by atoms with E-state index in [4.69, 9.17) is 11.6 Å². The zero-order chi connectivity index (χ0) is 18.3. The lowest BCUT2D eigenvalue weighted by Gasteiger charge is -2.27. The van der Waals surface area contributed by atoms with Crippen LogP contribution in [0.1, 0.15) is 40.4 Å². The van der Waals surface area contributed by atoms with Crippen LogP contribution in [0.4, 0.5) is 0 Å². The molecule has 26 heavy (non-hydrogen) atoms. The average molecular weight is 367 g/mol. The highest BCUT2D eigenvalue weighted by molar-refractivity contribution is 6.30. The molecular weight excluding hydrogens is 348 g/mol. The van der Waals surface area contributed by atoms with Crippen LogP contribution in [0.15, 0.2) is 55.1 Å². The maximum atomic E-state index is 13.0. The number of rotatable bonds is 3. The number of nitrogens with zero attached hydrogens (tertiary/aromatic N) is 2. The van der Waals surface area contributed by atoms with Crippen LogP contribution in [-0.2, 0) is 4.79 Å². The van der Waals surface area contributed by atoms with Crippen molar-refractivity contribution < 1.29 is 9.59 Å². The molecule has 1 saturated heterocycles. The van der Waals surface area contributed by atoms with Crippen molar-refractivity contribution in [1.29, 1.82) is 0 Å². The Morgan fingerprint density at radius 2 is 1.81 bits per heavy atom. The summed E-state index contributed by atoms with van der Waals surface area (Å²) in [6.45, 7) is 4.74. The Balaban J connectivity index is 1.52. The smallest absolute Gasteiger partial charge is 0.259 e. The fraction of sp³-hybridized carbons (Fsp3) is 0.238. The molecule has 2 heterocycles. The number of carbonyl (C=O) groups excluding carboxylic acids is 2. The van der Waals surface area contributed by atoms with Gasteiger partial charge in [-0.1, -0.05) is 48.5 Å². The van der Waals surface area contributed by atoms with Gasteiger partial charge in [0, 0.05) is 28.4 Å². The Kier molecular flexibility index (Phi) is 4.29. The highest BCUT2D eigenvalue weighted by Crippen LogP contribution is 2.35. The summed E-state index contributed by atoms with van der Waals surface area (Å²) in [6, 6.07) is 15.0. The quantitative estimate of drug-likeness (QED) is 0.819. The number of hydrogen-bond acceptors (Lipinski definition) is 2. The summed E-state index contributed by atoms with van der Waals surface area (Å²) in [6.07, 6.45) is 1.87. The van der Waals surface area contributed by atoms with Crippen molar-refractivity contribution in [2.75, 3.05) is 13.1 Å². The summed E-state index contributed by atoms with van der Waals surface area (Å²) < 4.78 is 0. The normalized spacial score (nSPS) is 19.2. The SMILES string of the molecule is C=C1c2ccccc2C(=O)N1CC(=O)N1CCC[C@H]1c1ccc(Cl)cc1. The third-order valence-electron chi connectivity index (χ3n) is 5.16. The molecule has 1 atom stereocenters. The first-order valence-corrected chi connectivity index (χ1v) is 9.09. The molecule has 2 aliphatic rings. The molecule has 4 nitrogen and oxygen atoms in total. The molecule has 132 valence electrons. The number of hydrogen-bond donors (Lipinski definition) is 0. The van der Waals surface area contributed by atoms with Crippen LogP contribution in [0.25, 0.3) is 5.70 Å². The third kappa shape index (κ3) is 2.80. The monoisotopic (exact) mass is 366 g/mol. The number of likely N-dealkylation sites (tertiary alicyclic amines) is 1. The average Bonchev–Trinajstić information content (AvgIpc) is 3.23. The van der Waals surface area contributed by atoms with Crippen LogP contribution in [0.3, 0.4) is 0 Å². The Bertz CT molecular complexity index is 856. The van der Waals surface area contributed by atoms with Crippen LogP contribution in [-0.4, -0.2) is 34.7 Å². The van der Waals surface area contributed by atoms with E-state index in [-0.39, 0.29) is 24.4 Å². The van der Waals surface area contributed by atoms with E-state index in [9.17, 15) is 9.59 Å². The Morgan fingerprint density at radius 3 is 2.50 bits per heavy atom. The van der Waals surface area contributed by atoms with E-state index in [0.29, 0.717) is 22.8 Å². The summed E-state index contributed by atoms with van der Waals surface area (Å²) in [7, 11) is 0. The molecule has 0 N–H and O–H groups in total. The van der Waals surface area contributed by atoms with E-state index in [0.717, 1.165) is 24.0 Å². The van der Waals surface area contributed by atoms with Crippen molar-refractivity contribution in [1.82, 2.24) is 9.80 Å². The van der Waals surface area contributed by atoms with Crippen molar-refractivity contribution in [3.8, 4) is 0 Å². The Labute approximate surface area is 157 Å². The lowest BCUT2D eigenvalue weighted by Crippen LogP contribution is -2.39. The molecule has 2 aliphatic heterocycles. The summed E-state index contributed by atoms with van der Waals surface area (Å²) in [5.74, 6) is -0.203. The van der Waals surface area contributed by atoms with Gasteiger partial charge in [-0.15, -0.1) is 0 Å². The van der Waals surface area contributed by atoms with Crippen molar-refractivity contribution in [3.63, 3.8) is 0 Å². The van der Waals surface area contributed by atoms with Gasteiger partial charge in [0.15, 0.2) is 0 Å². The fourth-order valence-electron chi connectivity index (χ4n) is 3.82. The van der Waals surface area contributed by atoms with Gasteiger partial charge in [-0.25, -0.2) is 0 Å². The Hall–Kier alpha value is -2.59. The second-order valence-electron chi connectivity index (χ2n) is 6.68. The second-order valence-corrected chi connectivity index (χ2v) is 7.12. The number of halogens is 1. The number of fused-ring (bicyclic) bond motifs is 1. The second kappa shape index (κ2) is 6.61. The van der Waals surface area contributed by atoms with E-state index in [1.807, 2.05) is 47.4 Å². The van der Waals surface area contributed by atoms with Crippen LogP contribution in [0.5, 0.6) is 0 Å². The minimum Gasteiger partial charge on any atom is -0.334 e. The third-order valence-corrected chi connectivity index (χ3v) is 5.41. The van der Waals surface area contributed by atoms with E-state index >= 15 is 0 Å². The highest BCUT2D eigenvalue weighted by Gasteiger charge is 2.36. The van der Waals surface area contributed by atoms with Crippen LogP contribution in [0, 0.1) is 0 Å². The minimum atomic E-state index is -0.152. The summed E-state index contributed by atoms with van der Waals surface area (Å²) in [5, 5.41) is 0.682. The fourth-order valence-corrected chi connectivity index (χ4v) is 3.95. The minimum absolute atomic E-state index is 0.0242. The first-order chi connectivity index (χ1) is 12.6. The van der Waals surface area contributed by atoms with Crippen molar-refractivity contribution >= 4 is 29.1 Å². The zero-order valence-corrected chi connectivity index (χ0v) is 15.1. The topological polar surface area (TPSA) is 40.6 Å². The largest absolute Gasteiger partial charge is 0.334 e. The van der Waals surface area contributed by atoms with Crippen LogP contribution in [0.2, 0.25) is 5.02 Å². The molecule has 0 spiro atoms. The summed E-state index contributed by atoms with van der Waals surface area (Å²) in [5.41, 5.74) is 3.10. The first-order valence-electron chi connectivity index (χ1n) is 8.71. The zero-order valence-electron chi connectivity index (χ0n) is 14.3. The van der Waals surface area contributed by atoms with Gasteiger partial charge in [0.1, 0.15) is 6.54 Å². The molecule has 2 aromatic carbocycles.